The fraction of sp³-hybridized carbons (Fsp3) is 0.526. The van der Waals surface area contributed by atoms with Crippen molar-refractivity contribution in [3.63, 3.8) is 0 Å². The molecule has 0 atom stereocenters. The molecule has 0 radical (unpaired) electrons. The first-order chi connectivity index (χ1) is 13.1. The molecule has 3 amide bonds. The Morgan fingerprint density at radius 3 is 1.96 bits per heavy atom. The first kappa shape index (κ1) is 19.2. The molecule has 27 heavy (non-hydrogen) atoms. The number of hydrogen-bond acceptors (Lipinski definition) is 5. The van der Waals surface area contributed by atoms with Gasteiger partial charge in [0, 0.05) is 52.0 Å². The maximum Gasteiger partial charge on any atom is 0.312 e. The topological polar surface area (TPSA) is 73.4 Å². The lowest BCUT2D eigenvalue weighted by molar-refractivity contribution is -0.155. The van der Waals surface area contributed by atoms with Gasteiger partial charge < -0.3 is 24.3 Å². The summed E-state index contributed by atoms with van der Waals surface area (Å²) in [6.45, 7) is 3.79. The zero-order chi connectivity index (χ0) is 19.2. The molecular formula is C19H26N4O4. The zero-order valence-electron chi connectivity index (χ0n) is 15.7. The number of carbonyl (C=O) groups excluding carboxylic acids is 3. The monoisotopic (exact) mass is 374 g/mol. The molecule has 8 nitrogen and oxygen atoms in total. The number of anilines is 1. The van der Waals surface area contributed by atoms with E-state index in [9.17, 15) is 14.4 Å². The van der Waals surface area contributed by atoms with Gasteiger partial charge >= 0.3 is 11.8 Å². The van der Waals surface area contributed by atoms with Crippen molar-refractivity contribution in [1.29, 1.82) is 0 Å². The number of piperazine rings is 1. The molecule has 2 fully saturated rings. The van der Waals surface area contributed by atoms with E-state index >= 15 is 0 Å². The summed E-state index contributed by atoms with van der Waals surface area (Å²) in [4.78, 5) is 44.0. The average Bonchev–Trinajstić information content (AvgIpc) is 2.74. The number of rotatable bonds is 3. The third kappa shape index (κ3) is 4.77. The van der Waals surface area contributed by atoms with Gasteiger partial charge in [-0.25, -0.2) is 0 Å². The van der Waals surface area contributed by atoms with Gasteiger partial charge in [0.05, 0.1) is 19.8 Å². The van der Waals surface area contributed by atoms with Crippen LogP contribution in [0.25, 0.3) is 0 Å². The van der Waals surface area contributed by atoms with Crippen LogP contribution < -0.4 is 4.90 Å². The third-order valence-electron chi connectivity index (χ3n) is 4.97. The second-order valence-corrected chi connectivity index (χ2v) is 6.77. The summed E-state index contributed by atoms with van der Waals surface area (Å²) in [5, 5.41) is 0. The SMILES string of the molecule is CN(CC(=O)N1CCN(C(=O)C(=O)N2CCOCC2)CC1)c1ccccc1. The number of hydrogen-bond donors (Lipinski definition) is 0. The molecule has 2 heterocycles. The fourth-order valence-electron chi connectivity index (χ4n) is 3.27. The highest BCUT2D eigenvalue weighted by molar-refractivity contribution is 6.34. The molecule has 0 saturated carbocycles. The molecule has 0 N–H and O–H groups in total. The van der Waals surface area contributed by atoms with Crippen LogP contribution in [0.1, 0.15) is 0 Å². The number of likely N-dealkylation sites (N-methyl/N-ethyl adjacent to an activating group) is 1. The van der Waals surface area contributed by atoms with E-state index in [-0.39, 0.29) is 12.5 Å². The largest absolute Gasteiger partial charge is 0.378 e. The predicted octanol–water partition coefficient (Wildman–Crippen LogP) is -0.348. The van der Waals surface area contributed by atoms with Crippen molar-refractivity contribution in [2.45, 2.75) is 0 Å². The molecule has 1 aromatic rings. The van der Waals surface area contributed by atoms with E-state index in [0.29, 0.717) is 52.5 Å². The zero-order valence-corrected chi connectivity index (χ0v) is 15.7. The molecule has 8 heteroatoms. The van der Waals surface area contributed by atoms with Gasteiger partial charge in [0.15, 0.2) is 0 Å². The van der Waals surface area contributed by atoms with E-state index < -0.39 is 11.8 Å². The van der Waals surface area contributed by atoms with Crippen molar-refractivity contribution in [3.8, 4) is 0 Å². The van der Waals surface area contributed by atoms with Crippen molar-refractivity contribution in [2.75, 3.05) is 71.0 Å². The normalized spacial score (nSPS) is 17.6. The molecule has 146 valence electrons. The Labute approximate surface area is 159 Å². The van der Waals surface area contributed by atoms with Gasteiger partial charge in [0.1, 0.15) is 0 Å². The van der Waals surface area contributed by atoms with Gasteiger partial charge in [-0.05, 0) is 12.1 Å². The summed E-state index contributed by atoms with van der Waals surface area (Å²) < 4.78 is 5.21. The van der Waals surface area contributed by atoms with Crippen molar-refractivity contribution >= 4 is 23.4 Å². The quantitative estimate of drug-likeness (QED) is 0.677. The van der Waals surface area contributed by atoms with E-state index in [4.69, 9.17) is 4.74 Å². The van der Waals surface area contributed by atoms with Crippen LogP contribution in [0, 0.1) is 0 Å². The molecule has 1 aromatic carbocycles. The molecule has 0 unspecified atom stereocenters. The van der Waals surface area contributed by atoms with E-state index in [1.807, 2.05) is 42.3 Å². The molecule has 3 rings (SSSR count). The maximum atomic E-state index is 12.5. The minimum absolute atomic E-state index is 0.0213. The summed E-state index contributed by atoms with van der Waals surface area (Å²) in [5.74, 6) is -0.930. The predicted molar refractivity (Wildman–Crippen MR) is 100 cm³/mol. The van der Waals surface area contributed by atoms with E-state index in [1.54, 1.807) is 9.80 Å². The molecule has 2 aliphatic rings. The average molecular weight is 374 g/mol. The van der Waals surface area contributed by atoms with Crippen molar-refractivity contribution in [2.24, 2.45) is 0 Å². The Balaban J connectivity index is 1.47. The minimum atomic E-state index is -0.481. The third-order valence-corrected chi connectivity index (χ3v) is 4.97. The standard InChI is InChI=1S/C19H26N4O4/c1-20(16-5-3-2-4-6-16)15-17(24)21-7-9-22(10-8-21)18(25)19(26)23-11-13-27-14-12-23/h2-6H,7-15H2,1H3. The van der Waals surface area contributed by atoms with E-state index in [0.717, 1.165) is 5.69 Å². The van der Waals surface area contributed by atoms with Gasteiger partial charge in [-0.1, -0.05) is 18.2 Å². The van der Waals surface area contributed by atoms with Crippen LogP contribution in [0.15, 0.2) is 30.3 Å². The summed E-state index contributed by atoms with van der Waals surface area (Å²) in [6, 6.07) is 9.73. The van der Waals surface area contributed by atoms with Gasteiger partial charge in [-0.2, -0.15) is 0 Å². The van der Waals surface area contributed by atoms with Crippen LogP contribution in [0.2, 0.25) is 0 Å². The smallest absolute Gasteiger partial charge is 0.312 e. The van der Waals surface area contributed by atoms with Crippen LogP contribution in [0.5, 0.6) is 0 Å². The van der Waals surface area contributed by atoms with Crippen molar-refractivity contribution in [3.05, 3.63) is 30.3 Å². The number of benzene rings is 1. The van der Waals surface area contributed by atoms with Gasteiger partial charge in [-0.3, -0.25) is 14.4 Å². The highest BCUT2D eigenvalue weighted by atomic mass is 16.5. The highest BCUT2D eigenvalue weighted by Crippen LogP contribution is 2.12. The van der Waals surface area contributed by atoms with Gasteiger partial charge in [0.25, 0.3) is 0 Å². The van der Waals surface area contributed by atoms with Crippen LogP contribution in [-0.4, -0.2) is 98.5 Å². The molecule has 0 aliphatic carbocycles. The van der Waals surface area contributed by atoms with Crippen LogP contribution in [-0.2, 0) is 19.1 Å². The lowest BCUT2D eigenvalue weighted by atomic mass is 10.2. The molecule has 2 aliphatic heterocycles. The minimum Gasteiger partial charge on any atom is -0.378 e. The summed E-state index contributed by atoms with van der Waals surface area (Å²) in [6.07, 6.45) is 0. The number of amides is 3. The van der Waals surface area contributed by atoms with Gasteiger partial charge in [0.2, 0.25) is 5.91 Å². The number of morpholine rings is 1. The van der Waals surface area contributed by atoms with Crippen molar-refractivity contribution in [1.82, 2.24) is 14.7 Å². The number of para-hydroxylation sites is 1. The Morgan fingerprint density at radius 2 is 1.37 bits per heavy atom. The fourth-order valence-corrected chi connectivity index (χ4v) is 3.27. The molecular weight excluding hydrogens is 348 g/mol. The first-order valence-electron chi connectivity index (χ1n) is 9.26. The molecule has 2 saturated heterocycles. The summed E-state index contributed by atoms with van der Waals surface area (Å²) >= 11 is 0. The second-order valence-electron chi connectivity index (χ2n) is 6.77. The first-order valence-corrected chi connectivity index (χ1v) is 9.26. The Kier molecular flexibility index (Phi) is 6.28. The lowest BCUT2D eigenvalue weighted by Gasteiger charge is -2.36. The summed E-state index contributed by atoms with van der Waals surface area (Å²) in [7, 11) is 1.88. The number of ether oxygens (including phenoxy) is 1. The Hall–Kier alpha value is -2.61. The highest BCUT2D eigenvalue weighted by Gasteiger charge is 2.31. The van der Waals surface area contributed by atoms with E-state index in [2.05, 4.69) is 0 Å². The molecule has 0 bridgehead atoms. The van der Waals surface area contributed by atoms with Crippen molar-refractivity contribution < 1.29 is 19.1 Å². The molecule has 0 spiro atoms. The number of nitrogens with zero attached hydrogens (tertiary/aromatic N) is 4. The second kappa shape index (κ2) is 8.85. The van der Waals surface area contributed by atoms with Crippen LogP contribution >= 0.6 is 0 Å². The van der Waals surface area contributed by atoms with E-state index in [1.165, 1.54) is 4.90 Å². The number of carbonyl (C=O) groups is 3. The van der Waals surface area contributed by atoms with Gasteiger partial charge in [-0.15, -0.1) is 0 Å². The maximum absolute atomic E-state index is 12.5. The molecule has 0 aromatic heterocycles. The lowest BCUT2D eigenvalue weighted by Crippen LogP contribution is -2.56. The Bertz CT molecular complexity index is 668. The van der Waals surface area contributed by atoms with Crippen LogP contribution in [0.4, 0.5) is 5.69 Å². The van der Waals surface area contributed by atoms with Crippen LogP contribution in [0.3, 0.4) is 0 Å². The Morgan fingerprint density at radius 1 is 0.852 bits per heavy atom. The summed E-state index contributed by atoms with van der Waals surface area (Å²) in [5.41, 5.74) is 0.982.